The summed E-state index contributed by atoms with van der Waals surface area (Å²) in [6.45, 7) is 3.72. The smallest absolute Gasteiger partial charge is 0.0901 e. The number of rotatable bonds is 3. The molecule has 1 unspecified atom stereocenters. The highest BCUT2D eigenvalue weighted by Crippen LogP contribution is 2.34. The first-order chi connectivity index (χ1) is 6.63. The molecule has 0 heterocycles. The second-order valence-electron chi connectivity index (χ2n) is 4.59. The third-order valence-electron chi connectivity index (χ3n) is 3.63. The fraction of sp³-hybridized carbons (Fsp3) is 0.833. The average Bonchev–Trinajstić information content (AvgIpc) is 2.42. The lowest BCUT2D eigenvalue weighted by Crippen LogP contribution is -2.52. The maximum absolute atomic E-state index is 10.1. The maximum Gasteiger partial charge on any atom is 0.0901 e. The summed E-state index contributed by atoms with van der Waals surface area (Å²) in [7, 11) is 4.14. The Balaban J connectivity index is 2.82. The first-order valence-corrected chi connectivity index (χ1v) is 5.61. The van der Waals surface area contributed by atoms with Crippen LogP contribution in [0.2, 0.25) is 0 Å². The van der Waals surface area contributed by atoms with Gasteiger partial charge in [0.1, 0.15) is 0 Å². The van der Waals surface area contributed by atoms with Gasteiger partial charge in [-0.25, -0.2) is 0 Å². The molecule has 2 nitrogen and oxygen atoms in total. The van der Waals surface area contributed by atoms with Crippen LogP contribution in [-0.4, -0.2) is 35.7 Å². The highest BCUT2D eigenvalue weighted by molar-refractivity contribution is 5.02. The summed E-state index contributed by atoms with van der Waals surface area (Å²) < 4.78 is 0. The van der Waals surface area contributed by atoms with E-state index in [9.17, 15) is 5.11 Å². The predicted molar refractivity (Wildman–Crippen MR) is 60.3 cm³/mol. The molecule has 82 valence electrons. The topological polar surface area (TPSA) is 23.5 Å². The van der Waals surface area contributed by atoms with Gasteiger partial charge < -0.3 is 10.0 Å². The van der Waals surface area contributed by atoms with Crippen LogP contribution in [0.3, 0.4) is 0 Å². The lowest BCUT2D eigenvalue weighted by molar-refractivity contribution is 0.00984. The zero-order valence-electron chi connectivity index (χ0n) is 9.50. The van der Waals surface area contributed by atoms with Crippen molar-refractivity contribution in [2.45, 2.75) is 50.2 Å². The van der Waals surface area contributed by atoms with Crippen LogP contribution in [0, 0.1) is 0 Å². The van der Waals surface area contributed by atoms with Gasteiger partial charge in [-0.15, -0.1) is 6.58 Å². The molecule has 14 heavy (non-hydrogen) atoms. The Morgan fingerprint density at radius 1 is 1.21 bits per heavy atom. The molecule has 1 saturated carbocycles. The van der Waals surface area contributed by atoms with Crippen LogP contribution in [0.25, 0.3) is 0 Å². The molecular formula is C12H23NO. The standard InChI is InChI=1S/C12H23NO/c1-4-11(14)12(13(2)3)9-7-5-6-8-10-12/h4,11,14H,1,5-10H2,2-3H3. The Bertz CT molecular complexity index is 181. The van der Waals surface area contributed by atoms with Gasteiger partial charge in [-0.3, -0.25) is 0 Å². The number of aliphatic hydroxyl groups is 1. The lowest BCUT2D eigenvalue weighted by atomic mass is 9.83. The maximum atomic E-state index is 10.1. The zero-order valence-corrected chi connectivity index (χ0v) is 9.50. The lowest BCUT2D eigenvalue weighted by Gasteiger charge is -2.42. The molecule has 0 bridgehead atoms. The van der Waals surface area contributed by atoms with E-state index in [4.69, 9.17) is 0 Å². The monoisotopic (exact) mass is 197 g/mol. The van der Waals surface area contributed by atoms with E-state index in [-0.39, 0.29) is 5.54 Å². The molecule has 1 aliphatic carbocycles. The van der Waals surface area contributed by atoms with Crippen molar-refractivity contribution >= 4 is 0 Å². The van der Waals surface area contributed by atoms with Gasteiger partial charge in [0.05, 0.1) is 6.10 Å². The third kappa shape index (κ3) is 2.18. The summed E-state index contributed by atoms with van der Waals surface area (Å²) >= 11 is 0. The van der Waals surface area contributed by atoms with E-state index in [2.05, 4.69) is 25.6 Å². The molecule has 1 fully saturated rings. The van der Waals surface area contributed by atoms with Crippen LogP contribution in [0.15, 0.2) is 12.7 Å². The SMILES string of the molecule is C=CC(O)C1(N(C)C)CCCCCC1. The van der Waals surface area contributed by atoms with Crippen LogP contribution >= 0.6 is 0 Å². The van der Waals surface area contributed by atoms with Crippen LogP contribution in [0.5, 0.6) is 0 Å². The first-order valence-electron chi connectivity index (χ1n) is 5.61. The van der Waals surface area contributed by atoms with Gasteiger partial charge in [0.2, 0.25) is 0 Å². The van der Waals surface area contributed by atoms with Gasteiger partial charge in [0, 0.05) is 5.54 Å². The molecule has 0 spiro atoms. The van der Waals surface area contributed by atoms with Gasteiger partial charge in [-0.2, -0.15) is 0 Å². The van der Waals surface area contributed by atoms with Crippen molar-refractivity contribution in [3.05, 3.63) is 12.7 Å². The molecule has 0 saturated heterocycles. The zero-order chi connectivity index (χ0) is 10.6. The quantitative estimate of drug-likeness (QED) is 0.554. The normalized spacial score (nSPS) is 24.3. The second-order valence-corrected chi connectivity index (χ2v) is 4.59. The van der Waals surface area contributed by atoms with E-state index in [1.54, 1.807) is 6.08 Å². The van der Waals surface area contributed by atoms with Crippen molar-refractivity contribution in [3.63, 3.8) is 0 Å². The molecule has 0 amide bonds. The van der Waals surface area contributed by atoms with Crippen LogP contribution in [0.4, 0.5) is 0 Å². The molecule has 0 aromatic heterocycles. The number of hydrogen-bond donors (Lipinski definition) is 1. The average molecular weight is 197 g/mol. The van der Waals surface area contributed by atoms with Gasteiger partial charge in [0.25, 0.3) is 0 Å². The Morgan fingerprint density at radius 2 is 1.71 bits per heavy atom. The molecule has 1 N–H and O–H groups in total. The summed E-state index contributed by atoms with van der Waals surface area (Å²) in [5.74, 6) is 0. The number of hydrogen-bond acceptors (Lipinski definition) is 2. The summed E-state index contributed by atoms with van der Waals surface area (Å²) in [6, 6.07) is 0. The summed E-state index contributed by atoms with van der Waals surface area (Å²) in [5, 5.41) is 10.1. The highest BCUT2D eigenvalue weighted by Gasteiger charge is 2.38. The predicted octanol–water partition coefficient (Wildman–Crippen LogP) is 2.19. The van der Waals surface area contributed by atoms with Gasteiger partial charge >= 0.3 is 0 Å². The van der Waals surface area contributed by atoms with Gasteiger partial charge in [-0.05, 0) is 26.9 Å². The van der Waals surface area contributed by atoms with Crippen LogP contribution < -0.4 is 0 Å². The molecule has 1 atom stereocenters. The summed E-state index contributed by atoms with van der Waals surface area (Å²) in [5.41, 5.74) is -0.0573. The van der Waals surface area contributed by atoms with E-state index in [1.165, 1.54) is 25.7 Å². The van der Waals surface area contributed by atoms with E-state index < -0.39 is 6.10 Å². The van der Waals surface area contributed by atoms with E-state index in [0.29, 0.717) is 0 Å². The van der Waals surface area contributed by atoms with Crippen LogP contribution in [0.1, 0.15) is 38.5 Å². The minimum atomic E-state index is -0.393. The molecule has 1 rings (SSSR count). The van der Waals surface area contributed by atoms with E-state index in [1.807, 2.05) is 0 Å². The summed E-state index contributed by atoms with van der Waals surface area (Å²) in [4.78, 5) is 2.19. The molecule has 0 radical (unpaired) electrons. The van der Waals surface area contributed by atoms with Gasteiger partial charge in [-0.1, -0.05) is 31.8 Å². The van der Waals surface area contributed by atoms with E-state index in [0.717, 1.165) is 12.8 Å². The minimum Gasteiger partial charge on any atom is -0.387 e. The van der Waals surface area contributed by atoms with Gasteiger partial charge in [0.15, 0.2) is 0 Å². The van der Waals surface area contributed by atoms with Crippen molar-refractivity contribution in [2.75, 3.05) is 14.1 Å². The molecule has 0 aromatic carbocycles. The first kappa shape index (κ1) is 11.7. The van der Waals surface area contributed by atoms with Crippen molar-refractivity contribution < 1.29 is 5.11 Å². The second kappa shape index (κ2) is 4.94. The molecule has 0 aromatic rings. The molecule has 0 aliphatic heterocycles. The number of nitrogens with zero attached hydrogens (tertiary/aromatic N) is 1. The van der Waals surface area contributed by atoms with Crippen molar-refractivity contribution in [1.82, 2.24) is 4.90 Å². The number of aliphatic hydroxyl groups excluding tert-OH is 1. The minimum absolute atomic E-state index is 0.0573. The molecule has 1 aliphatic rings. The number of likely N-dealkylation sites (N-methyl/N-ethyl adjacent to an activating group) is 1. The van der Waals surface area contributed by atoms with Crippen molar-refractivity contribution in [1.29, 1.82) is 0 Å². The Hall–Kier alpha value is -0.340. The van der Waals surface area contributed by atoms with Crippen molar-refractivity contribution in [3.8, 4) is 0 Å². The third-order valence-corrected chi connectivity index (χ3v) is 3.63. The van der Waals surface area contributed by atoms with Crippen molar-refractivity contribution in [2.24, 2.45) is 0 Å². The Labute approximate surface area is 87.6 Å². The highest BCUT2D eigenvalue weighted by atomic mass is 16.3. The summed E-state index contributed by atoms with van der Waals surface area (Å²) in [6.07, 6.45) is 8.53. The van der Waals surface area contributed by atoms with Crippen LogP contribution in [-0.2, 0) is 0 Å². The fourth-order valence-electron chi connectivity index (χ4n) is 2.57. The molecule has 2 heteroatoms. The Kier molecular flexibility index (Phi) is 4.14. The van der Waals surface area contributed by atoms with E-state index >= 15 is 0 Å². The largest absolute Gasteiger partial charge is 0.387 e. The Morgan fingerprint density at radius 3 is 2.07 bits per heavy atom. The molecular weight excluding hydrogens is 174 g/mol. The fourth-order valence-corrected chi connectivity index (χ4v) is 2.57.